The highest BCUT2D eigenvalue weighted by Crippen LogP contribution is 2.34. The molecule has 1 atom stereocenters. The molecule has 0 aromatic heterocycles. The lowest BCUT2D eigenvalue weighted by molar-refractivity contribution is -0.119. The van der Waals surface area contributed by atoms with Crippen LogP contribution in [0.5, 0.6) is 5.75 Å². The standard InChI is InChI=1S/C12H11FN2O5S/c13-21(18,19)8-4-12(17)15(5-8)7-1-2-9-10(3-7)20-6-11(16)14-9/h1-3,8H,4-6H2,(H,14,16). The van der Waals surface area contributed by atoms with E-state index in [9.17, 15) is 21.9 Å². The van der Waals surface area contributed by atoms with Crippen LogP contribution in [0.1, 0.15) is 6.42 Å². The average molecular weight is 314 g/mol. The van der Waals surface area contributed by atoms with Gasteiger partial charge in [-0.3, -0.25) is 9.59 Å². The van der Waals surface area contributed by atoms with Gasteiger partial charge in [0, 0.05) is 24.7 Å². The lowest BCUT2D eigenvalue weighted by Gasteiger charge is -2.21. The lowest BCUT2D eigenvalue weighted by atomic mass is 10.2. The Bertz CT molecular complexity index is 733. The molecule has 9 heteroatoms. The lowest BCUT2D eigenvalue weighted by Crippen LogP contribution is -2.28. The van der Waals surface area contributed by atoms with Gasteiger partial charge in [0.05, 0.1) is 5.69 Å². The van der Waals surface area contributed by atoms with Crippen molar-refractivity contribution in [1.82, 2.24) is 0 Å². The molecule has 2 heterocycles. The van der Waals surface area contributed by atoms with Gasteiger partial charge < -0.3 is 15.0 Å². The van der Waals surface area contributed by atoms with Crippen molar-refractivity contribution < 1.29 is 26.6 Å². The predicted octanol–water partition coefficient (Wildman–Crippen LogP) is 0.422. The van der Waals surface area contributed by atoms with Crippen molar-refractivity contribution in [3.8, 4) is 5.75 Å². The monoisotopic (exact) mass is 314 g/mol. The van der Waals surface area contributed by atoms with Gasteiger partial charge in [0.15, 0.2) is 6.61 Å². The molecular formula is C12H11FN2O5S. The second-order valence-electron chi connectivity index (χ2n) is 4.82. The SMILES string of the molecule is O=C1COc2cc(N3CC(S(=O)(=O)F)CC3=O)ccc2N1. The zero-order chi connectivity index (χ0) is 15.2. The van der Waals surface area contributed by atoms with Crippen molar-refractivity contribution in [2.24, 2.45) is 0 Å². The number of nitrogens with one attached hydrogen (secondary N) is 1. The number of benzene rings is 1. The fourth-order valence-corrected chi connectivity index (χ4v) is 3.01. The molecule has 112 valence electrons. The fourth-order valence-electron chi connectivity index (χ4n) is 2.34. The van der Waals surface area contributed by atoms with Crippen molar-refractivity contribution in [2.75, 3.05) is 23.4 Å². The summed E-state index contributed by atoms with van der Waals surface area (Å²) in [4.78, 5) is 24.2. The number of hydrogen-bond donors (Lipinski definition) is 1. The van der Waals surface area contributed by atoms with Crippen LogP contribution >= 0.6 is 0 Å². The minimum absolute atomic E-state index is 0.133. The van der Waals surface area contributed by atoms with Crippen LogP contribution in [-0.2, 0) is 19.8 Å². The molecule has 0 saturated carbocycles. The second-order valence-corrected chi connectivity index (χ2v) is 6.44. The van der Waals surface area contributed by atoms with Gasteiger partial charge in [-0.2, -0.15) is 8.42 Å². The van der Waals surface area contributed by atoms with Gasteiger partial charge >= 0.3 is 10.2 Å². The molecule has 7 nitrogen and oxygen atoms in total. The first-order valence-electron chi connectivity index (χ1n) is 6.15. The zero-order valence-electron chi connectivity index (χ0n) is 10.7. The van der Waals surface area contributed by atoms with E-state index in [2.05, 4.69) is 5.32 Å². The van der Waals surface area contributed by atoms with Gasteiger partial charge in [-0.1, -0.05) is 0 Å². The number of fused-ring (bicyclic) bond motifs is 1. The van der Waals surface area contributed by atoms with Crippen molar-refractivity contribution in [3.05, 3.63) is 18.2 Å². The van der Waals surface area contributed by atoms with Gasteiger partial charge in [-0.15, -0.1) is 3.89 Å². The van der Waals surface area contributed by atoms with E-state index in [1.165, 1.54) is 11.0 Å². The number of anilines is 2. The van der Waals surface area contributed by atoms with E-state index in [0.717, 1.165) is 0 Å². The molecule has 1 unspecified atom stereocenters. The summed E-state index contributed by atoms with van der Waals surface area (Å²) in [6, 6.07) is 4.60. The van der Waals surface area contributed by atoms with Gasteiger partial charge in [-0.05, 0) is 12.1 Å². The van der Waals surface area contributed by atoms with E-state index in [4.69, 9.17) is 4.74 Å². The highest BCUT2D eigenvalue weighted by Gasteiger charge is 2.39. The van der Waals surface area contributed by atoms with Crippen molar-refractivity contribution in [1.29, 1.82) is 0 Å². The number of nitrogens with zero attached hydrogens (tertiary/aromatic N) is 1. The highest BCUT2D eigenvalue weighted by molar-refractivity contribution is 7.87. The zero-order valence-corrected chi connectivity index (χ0v) is 11.5. The topological polar surface area (TPSA) is 92.8 Å². The largest absolute Gasteiger partial charge is 0.482 e. The summed E-state index contributed by atoms with van der Waals surface area (Å²) >= 11 is 0. The fraction of sp³-hybridized carbons (Fsp3) is 0.333. The summed E-state index contributed by atoms with van der Waals surface area (Å²) in [6.45, 7) is -0.366. The predicted molar refractivity (Wildman–Crippen MR) is 71.4 cm³/mol. The molecule has 2 aliphatic rings. The molecule has 1 fully saturated rings. The maximum absolute atomic E-state index is 13.0. The Kier molecular flexibility index (Phi) is 3.08. The van der Waals surface area contributed by atoms with Crippen LogP contribution in [0.2, 0.25) is 0 Å². The summed E-state index contributed by atoms with van der Waals surface area (Å²) in [7, 11) is -4.75. The number of ether oxygens (including phenoxy) is 1. The van der Waals surface area contributed by atoms with E-state index in [1.807, 2.05) is 0 Å². The van der Waals surface area contributed by atoms with E-state index < -0.39 is 21.4 Å². The summed E-state index contributed by atoms with van der Waals surface area (Å²) in [5.41, 5.74) is 0.873. The van der Waals surface area contributed by atoms with Crippen molar-refractivity contribution in [2.45, 2.75) is 11.7 Å². The molecule has 21 heavy (non-hydrogen) atoms. The molecule has 3 rings (SSSR count). The molecule has 1 aromatic rings. The Hall–Kier alpha value is -2.16. The number of rotatable bonds is 2. The van der Waals surface area contributed by atoms with Crippen LogP contribution in [0.4, 0.5) is 15.3 Å². The molecular weight excluding hydrogens is 303 g/mol. The Balaban J connectivity index is 1.88. The molecule has 1 N–H and O–H groups in total. The number of amides is 2. The number of carbonyl (C=O) groups excluding carboxylic acids is 2. The smallest absolute Gasteiger partial charge is 0.307 e. The summed E-state index contributed by atoms with van der Waals surface area (Å²) < 4.78 is 40.0. The van der Waals surface area contributed by atoms with Crippen LogP contribution in [0, 0.1) is 0 Å². The molecule has 2 amide bonds. The van der Waals surface area contributed by atoms with Gasteiger partial charge in [-0.25, -0.2) is 0 Å². The average Bonchev–Trinajstić information content (AvgIpc) is 2.80. The van der Waals surface area contributed by atoms with Crippen LogP contribution < -0.4 is 15.0 Å². The molecule has 0 radical (unpaired) electrons. The third-order valence-corrected chi connectivity index (χ3v) is 4.51. The minimum atomic E-state index is -4.75. The third kappa shape index (κ3) is 2.56. The Labute approximate surface area is 119 Å². The first kappa shape index (κ1) is 13.8. The molecule has 0 aliphatic carbocycles. The Morgan fingerprint density at radius 1 is 1.33 bits per heavy atom. The summed E-state index contributed by atoms with van der Waals surface area (Å²) in [6.07, 6.45) is -0.381. The van der Waals surface area contributed by atoms with Gasteiger partial charge in [0.2, 0.25) is 5.91 Å². The molecule has 0 bridgehead atoms. The first-order valence-corrected chi connectivity index (χ1v) is 7.60. The number of halogens is 1. The van der Waals surface area contributed by atoms with Gasteiger partial charge in [0.1, 0.15) is 11.0 Å². The normalized spacial score (nSPS) is 21.8. The Morgan fingerprint density at radius 3 is 2.76 bits per heavy atom. The molecule has 2 aliphatic heterocycles. The summed E-state index contributed by atoms with van der Waals surface area (Å²) in [5, 5.41) is 1.25. The van der Waals surface area contributed by atoms with E-state index in [0.29, 0.717) is 17.1 Å². The van der Waals surface area contributed by atoms with E-state index in [-0.39, 0.29) is 25.5 Å². The second kappa shape index (κ2) is 4.69. The van der Waals surface area contributed by atoms with Crippen LogP contribution in [0.25, 0.3) is 0 Å². The van der Waals surface area contributed by atoms with Crippen molar-refractivity contribution in [3.63, 3.8) is 0 Å². The first-order chi connectivity index (χ1) is 9.84. The number of hydrogen-bond acceptors (Lipinski definition) is 5. The van der Waals surface area contributed by atoms with E-state index >= 15 is 0 Å². The molecule has 0 spiro atoms. The maximum Gasteiger partial charge on any atom is 0.307 e. The van der Waals surface area contributed by atoms with Gasteiger partial charge in [0.25, 0.3) is 5.91 Å². The minimum Gasteiger partial charge on any atom is -0.482 e. The van der Waals surface area contributed by atoms with E-state index in [1.54, 1.807) is 12.1 Å². The molecule has 1 aromatic carbocycles. The number of carbonyl (C=O) groups is 2. The molecule has 1 saturated heterocycles. The third-order valence-electron chi connectivity index (χ3n) is 3.40. The summed E-state index contributed by atoms with van der Waals surface area (Å²) in [5.74, 6) is -0.372. The van der Waals surface area contributed by atoms with Crippen molar-refractivity contribution >= 4 is 33.4 Å². The van der Waals surface area contributed by atoms with Crippen LogP contribution in [0.3, 0.4) is 0 Å². The van der Waals surface area contributed by atoms with Crippen LogP contribution in [-0.4, -0.2) is 38.6 Å². The maximum atomic E-state index is 13.0. The quantitative estimate of drug-likeness (QED) is 0.799. The van der Waals surface area contributed by atoms with Crippen LogP contribution in [0.15, 0.2) is 18.2 Å². The highest BCUT2D eigenvalue weighted by atomic mass is 32.3. The Morgan fingerprint density at radius 2 is 2.10 bits per heavy atom.